The molecule has 3 fully saturated rings. The highest BCUT2D eigenvalue weighted by Crippen LogP contribution is 2.63. The van der Waals surface area contributed by atoms with Crippen molar-refractivity contribution in [2.45, 2.75) is 49.0 Å². The molecule has 0 aromatic heterocycles. The van der Waals surface area contributed by atoms with Gasteiger partial charge in [0, 0.05) is 25.6 Å². The Morgan fingerprint density at radius 1 is 1.33 bits per heavy atom. The number of nitrogens with one attached hydrogen (secondary N) is 1. The van der Waals surface area contributed by atoms with Crippen molar-refractivity contribution in [3.05, 3.63) is 0 Å². The van der Waals surface area contributed by atoms with Gasteiger partial charge in [-0.25, -0.2) is 0 Å². The molecule has 3 aliphatic rings. The largest absolute Gasteiger partial charge is 0.464 e. The van der Waals surface area contributed by atoms with Crippen molar-refractivity contribution in [1.29, 1.82) is 0 Å². The number of carbonyl (C=O) groups is 2. The zero-order chi connectivity index (χ0) is 15.3. The van der Waals surface area contributed by atoms with E-state index in [4.69, 9.17) is 27.9 Å². The maximum atomic E-state index is 12.2. The molecular formula is C14H20Cl2N2O3. The van der Waals surface area contributed by atoms with Gasteiger partial charge in [-0.15, -0.1) is 23.2 Å². The van der Waals surface area contributed by atoms with Crippen LogP contribution in [0.4, 0.5) is 0 Å². The summed E-state index contributed by atoms with van der Waals surface area (Å²) in [5.41, 5.74) is -0.664. The third-order valence-electron chi connectivity index (χ3n) is 4.97. The summed E-state index contributed by atoms with van der Waals surface area (Å²) >= 11 is 12.1. The van der Waals surface area contributed by atoms with E-state index in [1.165, 1.54) is 0 Å². The van der Waals surface area contributed by atoms with Gasteiger partial charge in [0.05, 0.1) is 12.0 Å². The molecule has 0 aromatic carbocycles. The van der Waals surface area contributed by atoms with Crippen molar-refractivity contribution in [2.75, 3.05) is 19.7 Å². The van der Waals surface area contributed by atoms with Crippen LogP contribution in [-0.2, 0) is 14.3 Å². The number of hydrogen-bond donors (Lipinski definition) is 1. The lowest BCUT2D eigenvalue weighted by atomic mass is 10.0. The predicted octanol–water partition coefficient (Wildman–Crippen LogP) is 1.47. The number of piperidine rings is 1. The lowest BCUT2D eigenvalue weighted by molar-refractivity contribution is -0.142. The van der Waals surface area contributed by atoms with Gasteiger partial charge in [-0.3, -0.25) is 14.5 Å². The fourth-order valence-corrected chi connectivity index (χ4v) is 3.87. The van der Waals surface area contributed by atoms with E-state index in [-0.39, 0.29) is 24.0 Å². The van der Waals surface area contributed by atoms with E-state index in [0.717, 1.165) is 32.4 Å². The summed E-state index contributed by atoms with van der Waals surface area (Å²) in [5, 5.41) is 3.05. The van der Waals surface area contributed by atoms with E-state index in [1.54, 1.807) is 6.92 Å². The third kappa shape index (κ3) is 2.76. The van der Waals surface area contributed by atoms with Gasteiger partial charge in [0.1, 0.15) is 10.4 Å². The number of carbonyl (C=O) groups excluding carboxylic acids is 2. The van der Waals surface area contributed by atoms with Crippen molar-refractivity contribution >= 4 is 35.1 Å². The molecule has 2 saturated heterocycles. The number of ether oxygens (including phenoxy) is 1. The summed E-state index contributed by atoms with van der Waals surface area (Å²) in [6, 6.07) is 0.0358. The van der Waals surface area contributed by atoms with Gasteiger partial charge >= 0.3 is 5.97 Å². The standard InChI is InChI=1S/C14H20Cl2N2O3/c1-13(8-14(13,15)16)12(20)17-9-2-5-18(6-3-9)10-4-7-21-11(10)19/h9-10H,2-8H2,1H3,(H,17,20)/t10-,13-/m0/s1. The molecule has 2 heterocycles. The van der Waals surface area contributed by atoms with Crippen LogP contribution in [0.5, 0.6) is 0 Å². The Labute approximate surface area is 134 Å². The first-order valence-electron chi connectivity index (χ1n) is 7.43. The highest BCUT2D eigenvalue weighted by atomic mass is 35.5. The average molecular weight is 335 g/mol. The fourth-order valence-electron chi connectivity index (χ4n) is 3.16. The van der Waals surface area contributed by atoms with Gasteiger partial charge in [-0.05, 0) is 26.2 Å². The summed E-state index contributed by atoms with van der Waals surface area (Å²) in [6.07, 6.45) is 2.95. The number of rotatable bonds is 3. The molecule has 1 N–H and O–H groups in total. The van der Waals surface area contributed by atoms with Crippen LogP contribution in [0.1, 0.15) is 32.6 Å². The van der Waals surface area contributed by atoms with Crippen LogP contribution in [0, 0.1) is 5.41 Å². The maximum absolute atomic E-state index is 12.2. The second-order valence-electron chi connectivity index (χ2n) is 6.47. The number of hydrogen-bond acceptors (Lipinski definition) is 4. The second kappa shape index (κ2) is 5.28. The van der Waals surface area contributed by atoms with Crippen LogP contribution in [0.15, 0.2) is 0 Å². The Morgan fingerprint density at radius 3 is 2.43 bits per heavy atom. The van der Waals surface area contributed by atoms with E-state index >= 15 is 0 Å². The molecule has 1 saturated carbocycles. The Kier molecular flexibility index (Phi) is 3.87. The lowest BCUT2D eigenvalue weighted by Crippen LogP contribution is -2.50. The number of halogens is 2. The SMILES string of the molecule is C[C@@]1(C(=O)NC2CCN([C@H]3CCOC3=O)CC2)CC1(Cl)Cl. The number of alkyl halides is 2. The molecule has 0 unspecified atom stereocenters. The minimum atomic E-state index is -0.925. The number of likely N-dealkylation sites (tertiary alicyclic amines) is 1. The van der Waals surface area contributed by atoms with E-state index in [1.807, 2.05) is 0 Å². The van der Waals surface area contributed by atoms with E-state index in [9.17, 15) is 9.59 Å². The monoisotopic (exact) mass is 334 g/mol. The number of esters is 1. The number of cyclic esters (lactones) is 1. The molecule has 5 nitrogen and oxygen atoms in total. The van der Waals surface area contributed by atoms with Gasteiger partial charge in [0.15, 0.2) is 0 Å². The molecule has 2 atom stereocenters. The van der Waals surface area contributed by atoms with Crippen LogP contribution in [0.3, 0.4) is 0 Å². The number of amides is 1. The average Bonchev–Trinajstić information content (AvgIpc) is 2.76. The minimum Gasteiger partial charge on any atom is -0.464 e. The first-order valence-corrected chi connectivity index (χ1v) is 8.18. The van der Waals surface area contributed by atoms with Crippen LogP contribution in [-0.4, -0.2) is 52.9 Å². The minimum absolute atomic E-state index is 0.0637. The summed E-state index contributed by atoms with van der Waals surface area (Å²) < 4.78 is 4.08. The lowest BCUT2D eigenvalue weighted by Gasteiger charge is -2.35. The van der Waals surface area contributed by atoms with E-state index in [0.29, 0.717) is 13.0 Å². The predicted molar refractivity (Wildman–Crippen MR) is 79.3 cm³/mol. The zero-order valence-electron chi connectivity index (χ0n) is 12.0. The molecular weight excluding hydrogens is 315 g/mol. The zero-order valence-corrected chi connectivity index (χ0v) is 13.5. The van der Waals surface area contributed by atoms with Crippen LogP contribution >= 0.6 is 23.2 Å². The van der Waals surface area contributed by atoms with E-state index in [2.05, 4.69) is 10.2 Å². The molecule has 21 heavy (non-hydrogen) atoms. The molecule has 3 rings (SSSR count). The summed E-state index contributed by atoms with van der Waals surface area (Å²) in [7, 11) is 0. The Hall–Kier alpha value is -0.520. The Bertz CT molecular complexity index is 463. The molecule has 1 aliphatic carbocycles. The van der Waals surface area contributed by atoms with Crippen molar-refractivity contribution in [3.8, 4) is 0 Å². The topological polar surface area (TPSA) is 58.6 Å². The molecule has 0 spiro atoms. The van der Waals surface area contributed by atoms with Crippen LogP contribution in [0.25, 0.3) is 0 Å². The number of nitrogens with zero attached hydrogens (tertiary/aromatic N) is 1. The van der Waals surface area contributed by atoms with Crippen LogP contribution < -0.4 is 5.32 Å². The Balaban J connectivity index is 1.48. The summed E-state index contributed by atoms with van der Waals surface area (Å²) in [4.78, 5) is 26.0. The molecule has 0 bridgehead atoms. The van der Waals surface area contributed by atoms with Crippen molar-refractivity contribution < 1.29 is 14.3 Å². The molecule has 118 valence electrons. The van der Waals surface area contributed by atoms with Gasteiger partial charge < -0.3 is 10.1 Å². The van der Waals surface area contributed by atoms with E-state index < -0.39 is 9.75 Å². The van der Waals surface area contributed by atoms with Crippen molar-refractivity contribution in [1.82, 2.24) is 10.2 Å². The molecule has 1 amide bonds. The van der Waals surface area contributed by atoms with Crippen molar-refractivity contribution in [2.24, 2.45) is 5.41 Å². The van der Waals surface area contributed by atoms with Gasteiger partial charge in [-0.1, -0.05) is 0 Å². The van der Waals surface area contributed by atoms with Gasteiger partial charge in [0.2, 0.25) is 5.91 Å². The Morgan fingerprint density at radius 2 is 1.95 bits per heavy atom. The quantitative estimate of drug-likeness (QED) is 0.627. The first-order chi connectivity index (χ1) is 9.83. The first kappa shape index (κ1) is 15.4. The molecule has 7 heteroatoms. The molecule has 0 aromatic rings. The maximum Gasteiger partial charge on any atom is 0.323 e. The van der Waals surface area contributed by atoms with Gasteiger partial charge in [0.25, 0.3) is 0 Å². The molecule has 0 radical (unpaired) electrons. The van der Waals surface area contributed by atoms with Crippen LogP contribution in [0.2, 0.25) is 0 Å². The second-order valence-corrected chi connectivity index (χ2v) is 7.95. The fraction of sp³-hybridized carbons (Fsp3) is 0.857. The smallest absolute Gasteiger partial charge is 0.323 e. The highest BCUT2D eigenvalue weighted by molar-refractivity contribution is 6.53. The summed E-state index contributed by atoms with van der Waals surface area (Å²) in [5.74, 6) is -0.178. The highest BCUT2D eigenvalue weighted by Gasteiger charge is 2.68. The van der Waals surface area contributed by atoms with Crippen molar-refractivity contribution in [3.63, 3.8) is 0 Å². The third-order valence-corrected chi connectivity index (χ3v) is 6.07. The van der Waals surface area contributed by atoms with Gasteiger partial charge in [-0.2, -0.15) is 0 Å². The summed E-state index contributed by atoms with van der Waals surface area (Å²) in [6.45, 7) is 3.92. The molecule has 2 aliphatic heterocycles. The normalized spacial score (nSPS) is 36.3.